The van der Waals surface area contributed by atoms with E-state index in [4.69, 9.17) is 46.4 Å². The predicted molar refractivity (Wildman–Crippen MR) is 107 cm³/mol. The first-order chi connectivity index (χ1) is 11.6. The molecule has 0 aliphatic carbocycles. The lowest BCUT2D eigenvalue weighted by atomic mass is 9.93. The first-order valence-corrected chi connectivity index (χ1v) is 8.83. The van der Waals surface area contributed by atoms with Crippen molar-refractivity contribution >= 4 is 67.9 Å². The number of hydrogen-bond acceptors (Lipinski definition) is 0. The zero-order valence-electron chi connectivity index (χ0n) is 12.3. The summed E-state index contributed by atoms with van der Waals surface area (Å²) in [6, 6.07) is 19.6. The van der Waals surface area contributed by atoms with Crippen molar-refractivity contribution in [2.24, 2.45) is 0 Å². The predicted octanol–water partition coefficient (Wildman–Crippen LogP) is 8.27. The molecule has 0 bridgehead atoms. The van der Waals surface area contributed by atoms with E-state index >= 15 is 0 Å². The standard InChI is InChI=1S/C20H10Cl4/c21-15-9-11-5-1-3-7-13(11)17(19(15)23)18-14-8-4-2-6-12(14)10-16(22)20(18)24/h1-10H. The van der Waals surface area contributed by atoms with Gasteiger partial charge in [-0.05, 0) is 33.7 Å². The van der Waals surface area contributed by atoms with Gasteiger partial charge in [0, 0.05) is 11.1 Å². The van der Waals surface area contributed by atoms with Crippen LogP contribution in [0, 0.1) is 0 Å². The summed E-state index contributed by atoms with van der Waals surface area (Å²) < 4.78 is 0. The molecular formula is C20H10Cl4. The van der Waals surface area contributed by atoms with E-state index < -0.39 is 0 Å². The molecule has 0 saturated carbocycles. The summed E-state index contributed by atoms with van der Waals surface area (Å²) in [6.45, 7) is 0. The van der Waals surface area contributed by atoms with Crippen LogP contribution in [-0.4, -0.2) is 0 Å². The molecule has 0 nitrogen and oxygen atoms in total. The maximum Gasteiger partial charge on any atom is 0.0677 e. The SMILES string of the molecule is Clc1cc2ccccc2c(-c2c(Cl)c(Cl)cc3ccccc23)c1Cl. The Morgan fingerprint density at radius 1 is 0.500 bits per heavy atom. The average Bonchev–Trinajstić information content (AvgIpc) is 2.58. The Balaban J connectivity index is 2.26. The fourth-order valence-electron chi connectivity index (χ4n) is 3.06. The van der Waals surface area contributed by atoms with Gasteiger partial charge in [-0.1, -0.05) is 94.9 Å². The average molecular weight is 392 g/mol. The molecule has 4 rings (SSSR count). The van der Waals surface area contributed by atoms with Gasteiger partial charge in [-0.25, -0.2) is 0 Å². The molecule has 0 unspecified atom stereocenters. The third-order valence-corrected chi connectivity index (χ3v) is 5.71. The van der Waals surface area contributed by atoms with Gasteiger partial charge in [-0.2, -0.15) is 0 Å². The quantitative estimate of drug-likeness (QED) is 0.306. The summed E-state index contributed by atoms with van der Waals surface area (Å²) in [7, 11) is 0. The second-order valence-corrected chi connectivity index (χ2v) is 7.11. The first-order valence-electron chi connectivity index (χ1n) is 7.32. The van der Waals surface area contributed by atoms with Crippen LogP contribution in [-0.2, 0) is 0 Å². The van der Waals surface area contributed by atoms with Crippen LogP contribution in [0.25, 0.3) is 32.7 Å². The lowest BCUT2D eigenvalue weighted by molar-refractivity contribution is 1.68. The van der Waals surface area contributed by atoms with E-state index in [0.717, 1.165) is 32.7 Å². The number of hydrogen-bond donors (Lipinski definition) is 0. The molecule has 4 aromatic rings. The largest absolute Gasteiger partial charge is 0.0827 e. The fourth-order valence-corrected chi connectivity index (χ4v) is 3.99. The van der Waals surface area contributed by atoms with Crippen LogP contribution < -0.4 is 0 Å². The second kappa shape index (κ2) is 6.13. The molecule has 4 aromatic carbocycles. The second-order valence-electron chi connectivity index (χ2n) is 5.54. The molecule has 0 radical (unpaired) electrons. The molecule has 118 valence electrons. The Labute approximate surface area is 159 Å². The van der Waals surface area contributed by atoms with Crippen molar-refractivity contribution in [3.05, 3.63) is 80.8 Å². The Bertz CT molecular complexity index is 1010. The first kappa shape index (κ1) is 16.1. The van der Waals surface area contributed by atoms with Crippen molar-refractivity contribution < 1.29 is 0 Å². The highest BCUT2D eigenvalue weighted by Gasteiger charge is 2.19. The van der Waals surface area contributed by atoms with Gasteiger partial charge in [0.1, 0.15) is 0 Å². The van der Waals surface area contributed by atoms with Crippen molar-refractivity contribution in [3.8, 4) is 11.1 Å². The summed E-state index contributed by atoms with van der Waals surface area (Å²) in [5, 5.41) is 5.91. The third-order valence-electron chi connectivity index (χ3n) is 4.13. The maximum atomic E-state index is 6.60. The minimum absolute atomic E-state index is 0.477. The van der Waals surface area contributed by atoms with E-state index in [1.807, 2.05) is 60.7 Å². The van der Waals surface area contributed by atoms with Gasteiger partial charge in [-0.3, -0.25) is 0 Å². The Morgan fingerprint density at radius 3 is 1.29 bits per heavy atom. The van der Waals surface area contributed by atoms with Crippen LogP contribution in [0.5, 0.6) is 0 Å². The Hall–Kier alpha value is -1.44. The highest BCUT2D eigenvalue weighted by molar-refractivity contribution is 6.48. The van der Waals surface area contributed by atoms with Gasteiger partial charge in [0.2, 0.25) is 0 Å². The summed E-state index contributed by atoms with van der Waals surface area (Å²) in [4.78, 5) is 0. The molecule has 0 N–H and O–H groups in total. The van der Waals surface area contributed by atoms with E-state index in [9.17, 15) is 0 Å². The normalized spacial score (nSPS) is 11.3. The summed E-state index contributed by atoms with van der Waals surface area (Å²) in [5.41, 5.74) is 1.62. The van der Waals surface area contributed by atoms with E-state index in [1.54, 1.807) is 0 Å². The molecule has 4 heteroatoms. The Morgan fingerprint density at radius 2 is 0.875 bits per heavy atom. The van der Waals surface area contributed by atoms with Crippen molar-refractivity contribution in [1.29, 1.82) is 0 Å². The summed E-state index contributed by atoms with van der Waals surface area (Å²) >= 11 is 26.0. The lowest BCUT2D eigenvalue weighted by Gasteiger charge is -2.16. The van der Waals surface area contributed by atoms with E-state index in [0.29, 0.717) is 20.1 Å². The molecule has 0 atom stereocenters. The van der Waals surface area contributed by atoms with Crippen molar-refractivity contribution in [1.82, 2.24) is 0 Å². The van der Waals surface area contributed by atoms with Gasteiger partial charge in [-0.15, -0.1) is 0 Å². The molecule has 0 aliphatic rings. The minimum atomic E-state index is 0.477. The van der Waals surface area contributed by atoms with E-state index in [1.165, 1.54) is 0 Å². The minimum Gasteiger partial charge on any atom is -0.0827 e. The lowest BCUT2D eigenvalue weighted by Crippen LogP contribution is -1.89. The molecule has 0 spiro atoms. The van der Waals surface area contributed by atoms with Crippen LogP contribution >= 0.6 is 46.4 Å². The molecule has 0 heterocycles. The van der Waals surface area contributed by atoms with Crippen LogP contribution in [0.3, 0.4) is 0 Å². The third kappa shape index (κ3) is 2.46. The van der Waals surface area contributed by atoms with Gasteiger partial charge in [0.15, 0.2) is 0 Å². The highest BCUT2D eigenvalue weighted by atomic mass is 35.5. The van der Waals surface area contributed by atoms with E-state index in [2.05, 4.69) is 0 Å². The van der Waals surface area contributed by atoms with Crippen molar-refractivity contribution in [2.75, 3.05) is 0 Å². The maximum absolute atomic E-state index is 6.60. The molecular weight excluding hydrogens is 382 g/mol. The molecule has 24 heavy (non-hydrogen) atoms. The van der Waals surface area contributed by atoms with Crippen molar-refractivity contribution in [2.45, 2.75) is 0 Å². The summed E-state index contributed by atoms with van der Waals surface area (Å²) in [5.74, 6) is 0. The topological polar surface area (TPSA) is 0 Å². The van der Waals surface area contributed by atoms with Crippen LogP contribution in [0.4, 0.5) is 0 Å². The monoisotopic (exact) mass is 390 g/mol. The van der Waals surface area contributed by atoms with Gasteiger partial charge < -0.3 is 0 Å². The number of benzene rings is 4. The molecule has 0 amide bonds. The summed E-state index contributed by atoms with van der Waals surface area (Å²) in [6.07, 6.45) is 0. The molecule has 0 aromatic heterocycles. The Kier molecular flexibility index (Phi) is 4.10. The van der Waals surface area contributed by atoms with Gasteiger partial charge in [0.05, 0.1) is 20.1 Å². The van der Waals surface area contributed by atoms with Crippen LogP contribution in [0.2, 0.25) is 20.1 Å². The zero-order chi connectivity index (χ0) is 16.8. The fraction of sp³-hybridized carbons (Fsp3) is 0. The van der Waals surface area contributed by atoms with Crippen LogP contribution in [0.15, 0.2) is 60.7 Å². The number of halogens is 4. The smallest absolute Gasteiger partial charge is 0.0677 e. The number of fused-ring (bicyclic) bond motifs is 2. The van der Waals surface area contributed by atoms with Crippen LogP contribution in [0.1, 0.15) is 0 Å². The molecule has 0 saturated heterocycles. The van der Waals surface area contributed by atoms with Gasteiger partial charge >= 0.3 is 0 Å². The zero-order valence-corrected chi connectivity index (χ0v) is 15.3. The molecule has 0 aliphatic heterocycles. The highest BCUT2D eigenvalue weighted by Crippen LogP contribution is 2.47. The number of rotatable bonds is 1. The molecule has 0 fully saturated rings. The van der Waals surface area contributed by atoms with E-state index in [-0.39, 0.29) is 0 Å². The van der Waals surface area contributed by atoms with Crippen molar-refractivity contribution in [3.63, 3.8) is 0 Å². The van der Waals surface area contributed by atoms with Gasteiger partial charge in [0.25, 0.3) is 0 Å².